The summed E-state index contributed by atoms with van der Waals surface area (Å²) in [6, 6.07) is 11.3. The Labute approximate surface area is 137 Å². The van der Waals surface area contributed by atoms with Gasteiger partial charge >= 0.3 is 0 Å². The number of rotatable bonds is 7. The van der Waals surface area contributed by atoms with Gasteiger partial charge in [0.1, 0.15) is 11.6 Å². The average molecular weight is 314 g/mol. The van der Waals surface area contributed by atoms with E-state index in [-0.39, 0.29) is 5.56 Å². The molecule has 0 nitrogen and oxygen atoms in total. The molecular formula is C21H24F2. The van der Waals surface area contributed by atoms with Crippen LogP contribution in [0.5, 0.6) is 0 Å². The fraction of sp³-hybridized carbons (Fsp3) is 0.333. The first-order valence-corrected chi connectivity index (χ1v) is 8.36. The van der Waals surface area contributed by atoms with Gasteiger partial charge in [0.25, 0.3) is 0 Å². The van der Waals surface area contributed by atoms with Crippen LogP contribution < -0.4 is 0 Å². The zero-order valence-electron chi connectivity index (χ0n) is 13.9. The first-order valence-electron chi connectivity index (χ1n) is 8.36. The molecule has 0 bridgehead atoms. The summed E-state index contributed by atoms with van der Waals surface area (Å²) in [6.45, 7) is 3.92. The van der Waals surface area contributed by atoms with Gasteiger partial charge in [0.05, 0.1) is 0 Å². The van der Waals surface area contributed by atoms with Gasteiger partial charge in [-0.1, -0.05) is 56.7 Å². The highest BCUT2D eigenvalue weighted by molar-refractivity contribution is 5.49. The van der Waals surface area contributed by atoms with Crippen molar-refractivity contribution < 1.29 is 8.78 Å². The molecule has 0 radical (unpaired) electrons. The lowest BCUT2D eigenvalue weighted by Gasteiger charge is -2.07. The summed E-state index contributed by atoms with van der Waals surface area (Å²) in [5, 5.41) is 0. The van der Waals surface area contributed by atoms with Crippen LogP contribution in [0, 0.1) is 11.6 Å². The van der Waals surface area contributed by atoms with E-state index in [4.69, 9.17) is 0 Å². The monoisotopic (exact) mass is 314 g/mol. The topological polar surface area (TPSA) is 0 Å². The zero-order chi connectivity index (χ0) is 16.7. The molecule has 0 aromatic heterocycles. The summed E-state index contributed by atoms with van der Waals surface area (Å²) >= 11 is 0. The Kier molecular flexibility index (Phi) is 6.52. The molecule has 0 spiro atoms. The minimum atomic E-state index is -0.432. The van der Waals surface area contributed by atoms with Gasteiger partial charge in [-0.3, -0.25) is 0 Å². The molecule has 0 saturated carbocycles. The van der Waals surface area contributed by atoms with Crippen LogP contribution in [0.25, 0.3) is 6.08 Å². The molecule has 2 aromatic rings. The molecule has 0 heterocycles. The molecule has 2 rings (SSSR count). The van der Waals surface area contributed by atoms with E-state index in [1.54, 1.807) is 6.92 Å². The molecule has 0 atom stereocenters. The Hall–Kier alpha value is -1.96. The van der Waals surface area contributed by atoms with Crippen molar-refractivity contribution >= 4 is 6.08 Å². The number of halogens is 2. The third kappa shape index (κ3) is 5.02. The van der Waals surface area contributed by atoms with Crippen molar-refractivity contribution in [2.75, 3.05) is 0 Å². The predicted octanol–water partition coefficient (Wildman–Crippen LogP) is 6.13. The van der Waals surface area contributed by atoms with Crippen molar-refractivity contribution in [3.63, 3.8) is 0 Å². The second kappa shape index (κ2) is 8.61. The predicted molar refractivity (Wildman–Crippen MR) is 93.5 cm³/mol. The summed E-state index contributed by atoms with van der Waals surface area (Å²) in [4.78, 5) is 0. The summed E-state index contributed by atoms with van der Waals surface area (Å²) in [7, 11) is 0. The maximum Gasteiger partial charge on any atom is 0.129 e. The lowest BCUT2D eigenvalue weighted by atomic mass is 10.0. The van der Waals surface area contributed by atoms with Crippen LogP contribution in [-0.2, 0) is 19.3 Å². The molecule has 23 heavy (non-hydrogen) atoms. The highest BCUT2D eigenvalue weighted by Gasteiger charge is 2.09. The van der Waals surface area contributed by atoms with E-state index in [9.17, 15) is 8.78 Å². The Morgan fingerprint density at radius 3 is 2.04 bits per heavy atom. The Balaban J connectivity index is 1.98. The molecule has 2 heteroatoms. The van der Waals surface area contributed by atoms with Gasteiger partial charge in [0, 0.05) is 5.56 Å². The second-order valence-corrected chi connectivity index (χ2v) is 5.82. The number of aryl methyl sites for hydroxylation is 2. The fourth-order valence-electron chi connectivity index (χ4n) is 2.61. The highest BCUT2D eigenvalue weighted by atomic mass is 19.1. The van der Waals surface area contributed by atoms with Gasteiger partial charge in [-0.15, -0.1) is 0 Å². The Morgan fingerprint density at radius 1 is 0.870 bits per heavy atom. The smallest absolute Gasteiger partial charge is 0.129 e. The van der Waals surface area contributed by atoms with E-state index >= 15 is 0 Å². The van der Waals surface area contributed by atoms with Gasteiger partial charge < -0.3 is 0 Å². The van der Waals surface area contributed by atoms with Crippen molar-refractivity contribution in [1.82, 2.24) is 0 Å². The van der Waals surface area contributed by atoms with Crippen molar-refractivity contribution in [1.29, 1.82) is 0 Å². The van der Waals surface area contributed by atoms with E-state index in [2.05, 4.69) is 43.3 Å². The number of allylic oxidation sites excluding steroid dienone is 1. The molecule has 0 aliphatic carbocycles. The average Bonchev–Trinajstić information content (AvgIpc) is 2.54. The molecule has 0 unspecified atom stereocenters. The second-order valence-electron chi connectivity index (χ2n) is 5.82. The first kappa shape index (κ1) is 17.4. The summed E-state index contributed by atoms with van der Waals surface area (Å²) < 4.78 is 27.6. The fourth-order valence-corrected chi connectivity index (χ4v) is 2.61. The van der Waals surface area contributed by atoms with Crippen LogP contribution in [0.15, 0.2) is 42.5 Å². The molecule has 122 valence electrons. The van der Waals surface area contributed by atoms with E-state index < -0.39 is 11.6 Å². The maximum atomic E-state index is 13.8. The van der Waals surface area contributed by atoms with Crippen LogP contribution in [-0.4, -0.2) is 0 Å². The Morgan fingerprint density at radius 2 is 1.48 bits per heavy atom. The third-order valence-corrected chi connectivity index (χ3v) is 4.00. The van der Waals surface area contributed by atoms with Gasteiger partial charge in [-0.25, -0.2) is 8.78 Å². The van der Waals surface area contributed by atoms with Crippen LogP contribution in [0.4, 0.5) is 8.78 Å². The van der Waals surface area contributed by atoms with Gasteiger partial charge in [-0.2, -0.15) is 0 Å². The highest BCUT2D eigenvalue weighted by Crippen LogP contribution is 2.18. The van der Waals surface area contributed by atoms with Crippen LogP contribution in [0.1, 0.15) is 48.9 Å². The molecule has 0 N–H and O–H groups in total. The van der Waals surface area contributed by atoms with Gasteiger partial charge in [-0.05, 0) is 54.5 Å². The summed E-state index contributed by atoms with van der Waals surface area (Å²) in [6.07, 6.45) is 8.35. The molecule has 2 aromatic carbocycles. The third-order valence-electron chi connectivity index (χ3n) is 4.00. The largest absolute Gasteiger partial charge is 0.207 e. The van der Waals surface area contributed by atoms with Crippen LogP contribution in [0.2, 0.25) is 0 Å². The minimum Gasteiger partial charge on any atom is -0.207 e. The number of unbranched alkanes of at least 4 members (excludes halogenated alkanes) is 1. The van der Waals surface area contributed by atoms with Gasteiger partial charge in [0.2, 0.25) is 0 Å². The van der Waals surface area contributed by atoms with E-state index in [0.717, 1.165) is 19.3 Å². The standard InChI is InChI=1S/C21H24F2/c1-3-5-6-7-16-8-10-17(11-9-16)12-13-18-14-20(22)19(4-2)21(23)15-18/h6-11,14-15H,3-5,12-13H2,1-2H3. The lowest BCUT2D eigenvalue weighted by molar-refractivity contribution is 0.555. The van der Waals surface area contributed by atoms with Crippen LogP contribution in [0.3, 0.4) is 0 Å². The van der Waals surface area contributed by atoms with Gasteiger partial charge in [0.15, 0.2) is 0 Å². The van der Waals surface area contributed by atoms with Crippen LogP contribution >= 0.6 is 0 Å². The summed E-state index contributed by atoms with van der Waals surface area (Å²) in [5.74, 6) is -0.863. The number of hydrogen-bond donors (Lipinski definition) is 0. The SMILES string of the molecule is CCCC=Cc1ccc(CCc2cc(F)c(CC)c(F)c2)cc1. The number of benzene rings is 2. The van der Waals surface area contributed by atoms with E-state index in [1.165, 1.54) is 23.3 Å². The van der Waals surface area contributed by atoms with E-state index in [0.29, 0.717) is 18.4 Å². The molecule has 0 amide bonds. The molecule has 0 fully saturated rings. The van der Waals surface area contributed by atoms with Crippen molar-refractivity contribution in [2.24, 2.45) is 0 Å². The normalized spacial score (nSPS) is 11.3. The molecule has 0 aliphatic heterocycles. The molecule has 0 saturated heterocycles. The van der Waals surface area contributed by atoms with Crippen molar-refractivity contribution in [3.8, 4) is 0 Å². The molecule has 0 aliphatic rings. The maximum absolute atomic E-state index is 13.8. The van der Waals surface area contributed by atoms with Crippen molar-refractivity contribution in [3.05, 3.63) is 76.4 Å². The first-order chi connectivity index (χ1) is 11.1. The number of hydrogen-bond acceptors (Lipinski definition) is 0. The minimum absolute atomic E-state index is 0.178. The zero-order valence-corrected chi connectivity index (χ0v) is 13.9. The van der Waals surface area contributed by atoms with Crippen molar-refractivity contribution in [2.45, 2.75) is 46.0 Å². The summed E-state index contributed by atoms with van der Waals surface area (Å²) in [5.41, 5.74) is 3.26. The Bertz CT molecular complexity index is 631. The van der Waals surface area contributed by atoms with E-state index in [1.807, 2.05) is 0 Å². The molecular weight excluding hydrogens is 290 g/mol. The lowest BCUT2D eigenvalue weighted by Crippen LogP contribution is -1.99. The quantitative estimate of drug-likeness (QED) is 0.577.